The van der Waals surface area contributed by atoms with Crippen molar-refractivity contribution in [1.29, 1.82) is 0 Å². The summed E-state index contributed by atoms with van der Waals surface area (Å²) >= 11 is 13.0. The van der Waals surface area contributed by atoms with Crippen molar-refractivity contribution in [1.82, 2.24) is 14.7 Å². The van der Waals surface area contributed by atoms with Crippen molar-refractivity contribution in [2.24, 2.45) is 17.8 Å². The van der Waals surface area contributed by atoms with Crippen LogP contribution in [0.1, 0.15) is 90.6 Å². The Kier molecular flexibility index (Phi) is 18.7. The summed E-state index contributed by atoms with van der Waals surface area (Å²) in [7, 11) is 7.65. The number of nitrogens with one attached hydrogen (secondary N) is 1. The van der Waals surface area contributed by atoms with Gasteiger partial charge in [-0.1, -0.05) is 62.2 Å². The van der Waals surface area contributed by atoms with Gasteiger partial charge in [-0.15, -0.1) is 0 Å². The minimum atomic E-state index is -1.79. The van der Waals surface area contributed by atoms with Crippen LogP contribution in [0.5, 0.6) is 0 Å². The van der Waals surface area contributed by atoms with Gasteiger partial charge in [-0.2, -0.15) is 0 Å². The number of hydrogen-bond acceptors (Lipinski definition) is 14. The third-order valence-electron chi connectivity index (χ3n) is 13.3. The predicted molar refractivity (Wildman–Crippen MR) is 247 cm³/mol. The van der Waals surface area contributed by atoms with Gasteiger partial charge < -0.3 is 54.5 Å². The Morgan fingerprint density at radius 2 is 1.68 bits per heavy atom. The summed E-state index contributed by atoms with van der Waals surface area (Å²) in [6.07, 6.45) is -4.77. The van der Waals surface area contributed by atoms with E-state index in [2.05, 4.69) is 10.2 Å². The third-order valence-corrected chi connectivity index (χ3v) is 14.1. The molecule has 2 heterocycles. The number of anilines is 2. The van der Waals surface area contributed by atoms with E-state index >= 15 is 0 Å². The Labute approximate surface area is 385 Å². The van der Waals surface area contributed by atoms with E-state index in [9.17, 15) is 30.0 Å². The number of aryl methyl sites for hydroxylation is 1. The fourth-order valence-electron chi connectivity index (χ4n) is 9.45. The number of halogens is 2. The second kappa shape index (κ2) is 22.3. The lowest BCUT2D eigenvalue weighted by atomic mass is 9.78. The van der Waals surface area contributed by atoms with Gasteiger partial charge >= 0.3 is 11.9 Å². The zero-order valence-corrected chi connectivity index (χ0v) is 41.0. The van der Waals surface area contributed by atoms with E-state index in [-0.39, 0.29) is 43.6 Å². The van der Waals surface area contributed by atoms with Crippen molar-refractivity contribution in [2.75, 3.05) is 53.2 Å². The zero-order valence-electron chi connectivity index (χ0n) is 39.5. The number of carbonyl (C=O) groups excluding carboxylic acids is 2. The average molecular weight is 926 g/mol. The van der Waals surface area contributed by atoms with Crippen LogP contribution in [0.2, 0.25) is 10.0 Å². The minimum Gasteiger partial charge on any atom is -0.461 e. The van der Waals surface area contributed by atoms with Gasteiger partial charge in [0, 0.05) is 31.1 Å². The highest BCUT2D eigenvalue weighted by molar-refractivity contribution is 6.39. The van der Waals surface area contributed by atoms with E-state index in [0.717, 1.165) is 5.56 Å². The van der Waals surface area contributed by atoms with Crippen molar-refractivity contribution >= 4 is 46.5 Å². The van der Waals surface area contributed by atoms with E-state index in [1.54, 1.807) is 65.0 Å². The lowest BCUT2D eigenvalue weighted by molar-refractivity contribution is -0.287. The second-order valence-electron chi connectivity index (χ2n) is 19.0. The zero-order chi connectivity index (χ0) is 47.3. The lowest BCUT2D eigenvalue weighted by Gasteiger charge is -2.50. The summed E-state index contributed by atoms with van der Waals surface area (Å²) in [4.78, 5) is 33.3. The van der Waals surface area contributed by atoms with E-state index in [1.165, 1.54) is 6.92 Å². The molecule has 5 N–H and O–H groups in total. The van der Waals surface area contributed by atoms with Crippen LogP contribution >= 0.6 is 23.2 Å². The Morgan fingerprint density at radius 3 is 2.32 bits per heavy atom. The van der Waals surface area contributed by atoms with Gasteiger partial charge in [0.05, 0.1) is 62.9 Å². The number of ether oxygens (including phenoxy) is 4. The van der Waals surface area contributed by atoms with Gasteiger partial charge in [0.2, 0.25) is 0 Å². The van der Waals surface area contributed by atoms with Gasteiger partial charge in [0.25, 0.3) is 0 Å². The van der Waals surface area contributed by atoms with E-state index in [0.29, 0.717) is 46.5 Å². The standard InChI is InChI=1S/C47H74Cl2N4O10/c1-14-36-47(9,59)41(55)31(7)53(13)25-26(2)24-46(8,58)42(29(5)40(54)30(6)43(56)62-36)63-45-39(51(10)11)35(23-28(4)61-45)52(12)21-22-60-44(57)32-17-15-16-18-34(32)50-38-33(48)20-19-27(3)37(38)49/h15-20,26,28-31,35-36,39-42,45,50,54-55,58-59H,14,21-25H2,1-13H3/t26-,28-,29+,30-,31-,35-,36-,39+,40+,41-,42-,45+,46-,47-/m1/s1. The molecule has 2 aromatic rings. The number of likely N-dealkylation sites (N-methyl/N-ethyl adjacent to an activating group) is 3. The quantitative estimate of drug-likeness (QED) is 0.163. The molecule has 0 unspecified atom stereocenters. The Balaban J connectivity index is 1.57. The van der Waals surface area contributed by atoms with E-state index in [1.807, 2.05) is 64.8 Å². The van der Waals surface area contributed by atoms with Gasteiger partial charge in [-0.25, -0.2) is 4.79 Å². The number of esters is 2. The van der Waals surface area contributed by atoms with Crippen LogP contribution in [-0.4, -0.2) is 161 Å². The normalized spacial score (nSPS) is 35.5. The van der Waals surface area contributed by atoms with Gasteiger partial charge in [0.15, 0.2) is 6.29 Å². The molecule has 0 aliphatic carbocycles. The smallest absolute Gasteiger partial charge is 0.340 e. The van der Waals surface area contributed by atoms with Crippen LogP contribution in [0.15, 0.2) is 36.4 Å². The highest BCUT2D eigenvalue weighted by atomic mass is 35.5. The summed E-state index contributed by atoms with van der Waals surface area (Å²) in [5.74, 6) is -3.29. The SMILES string of the molecule is CC[C@H]1OC(=O)[C@H](C)[C@@H](O)[C@H](C)[C@@H](O[C@@H]2O[C@H](C)C[C@@H](N(C)CCOC(=O)c3ccccc3Nc3c(Cl)ccc(C)c3Cl)[C@@H]2N(C)C)[C@](C)(O)C[C@@H](C)CN(C)[C@H](C)[C@@H](O)[C@]1(C)O. The van der Waals surface area contributed by atoms with Gasteiger partial charge in [-0.05, 0) is 119 Å². The number of para-hydroxylation sites is 1. The minimum absolute atomic E-state index is 0.0812. The molecule has 0 spiro atoms. The number of aliphatic hydroxyl groups is 4. The fraction of sp³-hybridized carbons (Fsp3) is 0.702. The summed E-state index contributed by atoms with van der Waals surface area (Å²) in [6, 6.07) is 9.48. The molecule has 2 aromatic carbocycles. The van der Waals surface area contributed by atoms with E-state index in [4.69, 9.17) is 42.1 Å². The average Bonchev–Trinajstić information content (AvgIpc) is 3.22. The second-order valence-corrected chi connectivity index (χ2v) is 19.7. The third kappa shape index (κ3) is 12.6. The predicted octanol–water partition coefficient (Wildman–Crippen LogP) is 6.13. The number of cyclic esters (lactones) is 1. The first-order valence-electron chi connectivity index (χ1n) is 22.2. The van der Waals surface area contributed by atoms with Gasteiger partial charge in [-0.3, -0.25) is 9.69 Å². The van der Waals surface area contributed by atoms with Gasteiger partial charge in [0.1, 0.15) is 24.4 Å². The van der Waals surface area contributed by atoms with Crippen molar-refractivity contribution in [2.45, 2.75) is 148 Å². The molecule has 14 atom stereocenters. The Morgan fingerprint density at radius 1 is 1.03 bits per heavy atom. The van der Waals surface area contributed by atoms with Crippen molar-refractivity contribution < 1.29 is 49.0 Å². The molecule has 0 bridgehead atoms. The molecule has 4 rings (SSSR count). The maximum absolute atomic E-state index is 13.7. The summed E-state index contributed by atoms with van der Waals surface area (Å²) < 4.78 is 25.2. The first-order chi connectivity index (χ1) is 29.3. The van der Waals surface area contributed by atoms with Crippen molar-refractivity contribution in [3.63, 3.8) is 0 Å². The molecule has 0 saturated carbocycles. The lowest BCUT2D eigenvalue weighted by Crippen LogP contribution is -2.63. The first kappa shape index (κ1) is 53.0. The molecule has 2 aliphatic heterocycles. The van der Waals surface area contributed by atoms with Crippen LogP contribution in [0.25, 0.3) is 0 Å². The number of aliphatic hydroxyl groups excluding tert-OH is 2. The number of nitrogens with zero attached hydrogens (tertiary/aromatic N) is 3. The summed E-state index contributed by atoms with van der Waals surface area (Å²) in [5, 5.41) is 51.4. The van der Waals surface area contributed by atoms with Crippen LogP contribution in [0.3, 0.4) is 0 Å². The Hall–Kier alpha value is -2.60. The van der Waals surface area contributed by atoms with Crippen LogP contribution in [0, 0.1) is 24.7 Å². The molecule has 2 fully saturated rings. The Bertz CT molecular complexity index is 1840. The largest absolute Gasteiger partial charge is 0.461 e. The number of benzene rings is 2. The molecule has 2 saturated heterocycles. The van der Waals surface area contributed by atoms with Crippen LogP contribution in [0.4, 0.5) is 11.4 Å². The molecule has 356 valence electrons. The maximum atomic E-state index is 13.7. The molecule has 0 amide bonds. The molecular formula is C47H74Cl2N4O10. The molecule has 2 aliphatic rings. The maximum Gasteiger partial charge on any atom is 0.340 e. The number of carbonyl (C=O) groups is 2. The molecule has 14 nitrogen and oxygen atoms in total. The highest BCUT2D eigenvalue weighted by Crippen LogP contribution is 2.39. The highest BCUT2D eigenvalue weighted by Gasteiger charge is 2.50. The van der Waals surface area contributed by atoms with E-state index < -0.39 is 71.7 Å². The molecule has 0 aromatic heterocycles. The number of rotatable bonds is 11. The molecular weight excluding hydrogens is 851 g/mol. The monoisotopic (exact) mass is 924 g/mol. The van der Waals surface area contributed by atoms with Crippen LogP contribution in [-0.2, 0) is 23.7 Å². The fourth-order valence-corrected chi connectivity index (χ4v) is 9.92. The summed E-state index contributed by atoms with van der Waals surface area (Å²) in [5.41, 5.74) is -1.17. The number of hydrogen-bond donors (Lipinski definition) is 5. The van der Waals surface area contributed by atoms with Crippen molar-refractivity contribution in [3.05, 3.63) is 57.6 Å². The first-order valence-corrected chi connectivity index (χ1v) is 23.0. The van der Waals surface area contributed by atoms with Crippen molar-refractivity contribution in [3.8, 4) is 0 Å². The molecule has 16 heteroatoms. The molecule has 63 heavy (non-hydrogen) atoms. The topological polar surface area (TPSA) is 174 Å². The van der Waals surface area contributed by atoms with Crippen LogP contribution < -0.4 is 5.32 Å². The molecule has 0 radical (unpaired) electrons. The summed E-state index contributed by atoms with van der Waals surface area (Å²) in [6.45, 7) is 16.7.